The number of likely N-dealkylation sites (tertiary alicyclic amines) is 1. The van der Waals surface area contributed by atoms with E-state index in [1.807, 2.05) is 0 Å². The Morgan fingerprint density at radius 2 is 2.04 bits per heavy atom. The lowest BCUT2D eigenvalue weighted by molar-refractivity contribution is -0.171. The van der Waals surface area contributed by atoms with Crippen LogP contribution in [0.4, 0.5) is 18.9 Å². The van der Waals surface area contributed by atoms with Crippen LogP contribution in [0.15, 0.2) is 24.5 Å². The van der Waals surface area contributed by atoms with E-state index in [0.29, 0.717) is 25.9 Å². The number of aromatic nitrogens is 1. The van der Waals surface area contributed by atoms with E-state index in [1.165, 1.54) is 31.6 Å². The molecule has 0 spiro atoms. The summed E-state index contributed by atoms with van der Waals surface area (Å²) in [5.41, 5.74) is 0.117. The van der Waals surface area contributed by atoms with E-state index in [9.17, 15) is 22.8 Å². The normalized spacial score (nSPS) is 16.7. The van der Waals surface area contributed by atoms with Crippen molar-refractivity contribution in [3.8, 4) is 0 Å². The molecule has 9 heteroatoms. The van der Waals surface area contributed by atoms with E-state index in [-0.39, 0.29) is 12.2 Å². The number of alkyl halides is 3. The summed E-state index contributed by atoms with van der Waals surface area (Å²) in [5, 5.41) is 0. The van der Waals surface area contributed by atoms with E-state index in [1.54, 1.807) is 4.90 Å². The molecule has 1 aliphatic heterocycles. The molecule has 1 aromatic rings. The maximum absolute atomic E-state index is 13.0. The molecule has 1 aliphatic rings. The highest BCUT2D eigenvalue weighted by atomic mass is 19.4. The van der Waals surface area contributed by atoms with Crippen LogP contribution in [0.2, 0.25) is 0 Å². The van der Waals surface area contributed by atoms with Crippen molar-refractivity contribution in [2.75, 3.05) is 31.6 Å². The summed E-state index contributed by atoms with van der Waals surface area (Å²) in [7, 11) is 1.28. The van der Waals surface area contributed by atoms with Gasteiger partial charge in [0.1, 0.15) is 0 Å². The second kappa shape index (κ2) is 7.61. The van der Waals surface area contributed by atoms with Crippen LogP contribution in [-0.2, 0) is 14.3 Å². The molecule has 1 amide bonds. The summed E-state index contributed by atoms with van der Waals surface area (Å²) in [5.74, 6) is -2.30. The summed E-state index contributed by atoms with van der Waals surface area (Å²) >= 11 is 0. The predicted octanol–water partition coefficient (Wildman–Crippen LogP) is 1.61. The molecule has 0 aromatic carbocycles. The first-order valence-electron chi connectivity index (χ1n) is 7.42. The molecule has 0 bridgehead atoms. The number of piperidine rings is 1. The van der Waals surface area contributed by atoms with Crippen molar-refractivity contribution in [3.05, 3.63) is 24.5 Å². The van der Waals surface area contributed by atoms with Gasteiger partial charge in [0.25, 0.3) is 0 Å². The van der Waals surface area contributed by atoms with Crippen molar-refractivity contribution in [1.29, 1.82) is 0 Å². The number of carbonyl (C=O) groups excluding carboxylic acids is 2. The number of hydrogen-bond donors (Lipinski definition) is 0. The Bertz CT molecular complexity index is 572. The number of anilines is 1. The molecule has 1 saturated heterocycles. The molecule has 0 N–H and O–H groups in total. The number of methoxy groups -OCH3 is 1. The quantitative estimate of drug-likeness (QED) is 0.776. The largest absolute Gasteiger partial charge is 0.471 e. The Morgan fingerprint density at radius 1 is 1.38 bits per heavy atom. The molecule has 6 nitrogen and oxygen atoms in total. The van der Waals surface area contributed by atoms with Gasteiger partial charge in [0.2, 0.25) is 0 Å². The van der Waals surface area contributed by atoms with Gasteiger partial charge >= 0.3 is 18.1 Å². The zero-order valence-electron chi connectivity index (χ0n) is 13.1. The fraction of sp³-hybridized carbons (Fsp3) is 0.533. The van der Waals surface area contributed by atoms with Gasteiger partial charge in [0.05, 0.1) is 25.5 Å². The summed E-state index contributed by atoms with van der Waals surface area (Å²) < 4.78 is 43.4. The number of amides is 1. The number of esters is 1. The fourth-order valence-electron chi connectivity index (χ4n) is 2.71. The monoisotopic (exact) mass is 345 g/mol. The third-order valence-corrected chi connectivity index (χ3v) is 3.89. The highest BCUT2D eigenvalue weighted by Crippen LogP contribution is 2.28. The van der Waals surface area contributed by atoms with Crippen LogP contribution in [-0.4, -0.2) is 60.7 Å². The van der Waals surface area contributed by atoms with E-state index < -0.39 is 24.1 Å². The first-order valence-corrected chi connectivity index (χ1v) is 7.42. The lowest BCUT2D eigenvalue weighted by Gasteiger charge is -2.38. The van der Waals surface area contributed by atoms with Crippen LogP contribution in [0.1, 0.15) is 12.8 Å². The van der Waals surface area contributed by atoms with Crippen LogP contribution in [0.25, 0.3) is 0 Å². The molecule has 0 radical (unpaired) electrons. The van der Waals surface area contributed by atoms with Crippen LogP contribution in [0.3, 0.4) is 0 Å². The first kappa shape index (κ1) is 18.2. The number of halogens is 3. The molecular formula is C15H18F3N3O3. The van der Waals surface area contributed by atoms with Crippen LogP contribution in [0, 0.1) is 0 Å². The van der Waals surface area contributed by atoms with Crippen LogP contribution in [0.5, 0.6) is 0 Å². The number of nitrogens with zero attached hydrogens (tertiary/aromatic N) is 3. The van der Waals surface area contributed by atoms with Gasteiger partial charge in [-0.1, -0.05) is 0 Å². The molecule has 24 heavy (non-hydrogen) atoms. The standard InChI is InChI=1S/C15H18F3N3O3/c1-24-13(22)10-20-7-4-11(5-8-20)21(14(23)15(16,17)18)12-3-2-6-19-9-12/h2-3,6,9,11H,4-5,7-8,10H2,1H3. The molecule has 0 aliphatic carbocycles. The third-order valence-electron chi connectivity index (χ3n) is 3.89. The average molecular weight is 345 g/mol. The number of carbonyl (C=O) groups is 2. The van der Waals surface area contributed by atoms with Crippen LogP contribution < -0.4 is 4.90 Å². The minimum atomic E-state index is -4.96. The average Bonchev–Trinajstić information content (AvgIpc) is 2.56. The maximum atomic E-state index is 13.0. The second-order valence-corrected chi connectivity index (χ2v) is 5.47. The molecule has 132 valence electrons. The Morgan fingerprint density at radius 3 is 2.54 bits per heavy atom. The molecule has 0 unspecified atom stereocenters. The highest BCUT2D eigenvalue weighted by molar-refractivity contribution is 5.97. The topological polar surface area (TPSA) is 62.7 Å². The first-order chi connectivity index (χ1) is 11.3. The van der Waals surface area contributed by atoms with Gasteiger partial charge in [-0.15, -0.1) is 0 Å². The third kappa shape index (κ3) is 4.44. The Balaban J connectivity index is 2.12. The highest BCUT2D eigenvalue weighted by Gasteiger charge is 2.45. The van der Waals surface area contributed by atoms with Crippen molar-refractivity contribution in [3.63, 3.8) is 0 Å². The van der Waals surface area contributed by atoms with Gasteiger partial charge in [-0.2, -0.15) is 13.2 Å². The van der Waals surface area contributed by atoms with Crippen molar-refractivity contribution in [1.82, 2.24) is 9.88 Å². The summed E-state index contributed by atoms with van der Waals surface area (Å²) in [4.78, 5) is 29.5. The zero-order chi connectivity index (χ0) is 17.7. The SMILES string of the molecule is COC(=O)CN1CCC(N(C(=O)C(F)(F)F)c2cccnc2)CC1. The maximum Gasteiger partial charge on any atom is 0.471 e. The van der Waals surface area contributed by atoms with Crippen molar-refractivity contribution < 1.29 is 27.5 Å². The fourth-order valence-corrected chi connectivity index (χ4v) is 2.71. The Labute approximate surface area is 137 Å². The van der Waals surface area contributed by atoms with Gasteiger partial charge < -0.3 is 4.74 Å². The number of rotatable bonds is 4. The van der Waals surface area contributed by atoms with Gasteiger partial charge in [-0.25, -0.2) is 0 Å². The van der Waals surface area contributed by atoms with E-state index in [4.69, 9.17) is 0 Å². The summed E-state index contributed by atoms with van der Waals surface area (Å²) in [6.07, 6.45) is -1.64. The van der Waals surface area contributed by atoms with Crippen molar-refractivity contribution in [2.24, 2.45) is 0 Å². The number of pyridine rings is 1. The Hall–Kier alpha value is -2.16. The number of ether oxygens (including phenoxy) is 1. The van der Waals surface area contributed by atoms with E-state index in [2.05, 4.69) is 9.72 Å². The molecule has 2 heterocycles. The number of hydrogen-bond acceptors (Lipinski definition) is 5. The molecule has 1 fully saturated rings. The smallest absolute Gasteiger partial charge is 0.468 e. The Kier molecular flexibility index (Phi) is 5.76. The van der Waals surface area contributed by atoms with Crippen molar-refractivity contribution >= 4 is 17.6 Å². The van der Waals surface area contributed by atoms with E-state index in [0.717, 1.165) is 4.90 Å². The lowest BCUT2D eigenvalue weighted by Crippen LogP contribution is -2.52. The minimum Gasteiger partial charge on any atom is -0.468 e. The molecule has 0 saturated carbocycles. The van der Waals surface area contributed by atoms with Gasteiger partial charge in [0.15, 0.2) is 0 Å². The van der Waals surface area contributed by atoms with Gasteiger partial charge in [-0.05, 0) is 25.0 Å². The van der Waals surface area contributed by atoms with Gasteiger partial charge in [-0.3, -0.25) is 24.4 Å². The molecule has 2 rings (SSSR count). The van der Waals surface area contributed by atoms with Gasteiger partial charge in [0, 0.05) is 25.3 Å². The van der Waals surface area contributed by atoms with Crippen LogP contribution >= 0.6 is 0 Å². The van der Waals surface area contributed by atoms with E-state index >= 15 is 0 Å². The zero-order valence-corrected chi connectivity index (χ0v) is 13.1. The minimum absolute atomic E-state index is 0.0866. The summed E-state index contributed by atoms with van der Waals surface area (Å²) in [6.45, 7) is 0.895. The molecule has 0 atom stereocenters. The van der Waals surface area contributed by atoms with Crippen molar-refractivity contribution in [2.45, 2.75) is 25.1 Å². The second-order valence-electron chi connectivity index (χ2n) is 5.47. The molecular weight excluding hydrogens is 327 g/mol. The molecule has 1 aromatic heterocycles. The lowest BCUT2D eigenvalue weighted by atomic mass is 10.0. The summed E-state index contributed by atoms with van der Waals surface area (Å²) in [6, 6.07) is 2.31. The predicted molar refractivity (Wildman–Crippen MR) is 79.3 cm³/mol.